The van der Waals surface area contributed by atoms with Crippen molar-refractivity contribution in [2.24, 2.45) is 0 Å². The number of hydrogen-bond acceptors (Lipinski definition) is 5. The molecule has 0 saturated carbocycles. The molecule has 3 heterocycles. The Morgan fingerprint density at radius 2 is 2.11 bits per heavy atom. The van der Waals surface area contributed by atoms with E-state index in [1.807, 2.05) is 42.5 Å². The van der Waals surface area contributed by atoms with Gasteiger partial charge in [0.15, 0.2) is 0 Å². The van der Waals surface area contributed by atoms with Gasteiger partial charge in [-0.2, -0.15) is 0 Å². The molecule has 0 bridgehead atoms. The van der Waals surface area contributed by atoms with Crippen LogP contribution in [0.25, 0.3) is 0 Å². The molecule has 1 unspecified atom stereocenters. The number of hydrogen-bond donors (Lipinski definition) is 1. The van der Waals surface area contributed by atoms with E-state index in [4.69, 9.17) is 4.98 Å². The summed E-state index contributed by atoms with van der Waals surface area (Å²) in [6, 6.07) is 12.7. The van der Waals surface area contributed by atoms with Gasteiger partial charge in [0.1, 0.15) is 5.01 Å². The smallest absolute Gasteiger partial charge is 0.231 e. The number of rotatable bonds is 6. The van der Waals surface area contributed by atoms with Crippen LogP contribution in [0.15, 0.2) is 47.2 Å². The SMILES string of the molecule is Cc1ccc(NC(=O)Cc2nc(CN3CCCC3c3cccs3)cs2)cc1. The Labute approximate surface area is 167 Å². The van der Waals surface area contributed by atoms with Crippen molar-refractivity contribution in [2.75, 3.05) is 11.9 Å². The Bertz CT molecular complexity index is 887. The van der Waals surface area contributed by atoms with Crippen molar-refractivity contribution in [3.05, 3.63) is 68.3 Å². The molecule has 1 aromatic carbocycles. The van der Waals surface area contributed by atoms with Crippen LogP contribution in [0.4, 0.5) is 5.69 Å². The number of likely N-dealkylation sites (tertiary alicyclic amines) is 1. The summed E-state index contributed by atoms with van der Waals surface area (Å²) in [7, 11) is 0. The Hall–Kier alpha value is -2.02. The van der Waals surface area contributed by atoms with Crippen molar-refractivity contribution >= 4 is 34.3 Å². The molecule has 0 aliphatic carbocycles. The largest absolute Gasteiger partial charge is 0.326 e. The van der Waals surface area contributed by atoms with Gasteiger partial charge in [0, 0.05) is 28.5 Å². The summed E-state index contributed by atoms with van der Waals surface area (Å²) in [6.45, 7) is 4.01. The Balaban J connectivity index is 1.34. The summed E-state index contributed by atoms with van der Waals surface area (Å²) in [5, 5.41) is 8.07. The summed E-state index contributed by atoms with van der Waals surface area (Å²) in [6.07, 6.45) is 2.78. The number of nitrogens with zero attached hydrogens (tertiary/aromatic N) is 2. The summed E-state index contributed by atoms with van der Waals surface area (Å²) in [5.74, 6) is -0.0163. The Morgan fingerprint density at radius 3 is 2.89 bits per heavy atom. The minimum absolute atomic E-state index is 0.0163. The van der Waals surface area contributed by atoms with E-state index in [2.05, 4.69) is 33.1 Å². The molecule has 4 nitrogen and oxygen atoms in total. The molecular formula is C21H23N3OS2. The number of thiazole rings is 1. The highest BCUT2D eigenvalue weighted by molar-refractivity contribution is 7.10. The number of anilines is 1. The molecule has 1 fully saturated rings. The van der Waals surface area contributed by atoms with Gasteiger partial charge in [-0.3, -0.25) is 9.69 Å². The van der Waals surface area contributed by atoms with Gasteiger partial charge >= 0.3 is 0 Å². The second-order valence-electron chi connectivity index (χ2n) is 6.97. The molecule has 6 heteroatoms. The average molecular weight is 398 g/mol. The predicted molar refractivity (Wildman–Crippen MR) is 112 cm³/mol. The lowest BCUT2D eigenvalue weighted by atomic mass is 10.2. The van der Waals surface area contributed by atoms with Crippen LogP contribution in [0.5, 0.6) is 0 Å². The molecule has 27 heavy (non-hydrogen) atoms. The van der Waals surface area contributed by atoms with Gasteiger partial charge < -0.3 is 5.32 Å². The maximum Gasteiger partial charge on any atom is 0.231 e. The van der Waals surface area contributed by atoms with Crippen molar-refractivity contribution in [1.82, 2.24) is 9.88 Å². The first kappa shape index (κ1) is 18.3. The zero-order valence-corrected chi connectivity index (χ0v) is 17.0. The first-order valence-electron chi connectivity index (χ1n) is 9.24. The van der Waals surface area contributed by atoms with E-state index < -0.39 is 0 Å². The van der Waals surface area contributed by atoms with E-state index in [1.165, 1.54) is 23.3 Å². The maximum absolute atomic E-state index is 12.3. The number of amides is 1. The summed E-state index contributed by atoms with van der Waals surface area (Å²) < 4.78 is 0. The van der Waals surface area contributed by atoms with Gasteiger partial charge in [-0.25, -0.2) is 4.98 Å². The van der Waals surface area contributed by atoms with Crippen molar-refractivity contribution in [3.8, 4) is 0 Å². The van der Waals surface area contributed by atoms with E-state index in [0.29, 0.717) is 12.5 Å². The van der Waals surface area contributed by atoms with Crippen molar-refractivity contribution in [2.45, 2.75) is 38.8 Å². The molecule has 0 spiro atoms. The second kappa shape index (κ2) is 8.33. The highest BCUT2D eigenvalue weighted by atomic mass is 32.1. The molecule has 1 aliphatic heterocycles. The van der Waals surface area contributed by atoms with E-state index in [-0.39, 0.29) is 5.91 Å². The lowest BCUT2D eigenvalue weighted by Gasteiger charge is -2.22. The third kappa shape index (κ3) is 4.64. The third-order valence-corrected chi connectivity index (χ3v) is 6.72. The number of aromatic nitrogens is 1. The number of benzene rings is 1. The first-order valence-corrected chi connectivity index (χ1v) is 11.0. The van der Waals surface area contributed by atoms with Gasteiger partial charge in [0.25, 0.3) is 0 Å². The molecule has 3 aromatic rings. The lowest BCUT2D eigenvalue weighted by molar-refractivity contribution is -0.115. The zero-order valence-electron chi connectivity index (χ0n) is 15.4. The van der Waals surface area contributed by atoms with Crippen molar-refractivity contribution < 1.29 is 4.79 Å². The Kier molecular flexibility index (Phi) is 5.66. The standard InChI is InChI=1S/C21H23N3OS2/c1-15-6-8-16(9-7-15)22-20(25)12-21-23-17(14-27-21)13-24-10-2-4-18(24)19-5-3-11-26-19/h3,5-9,11,14,18H,2,4,10,12-13H2,1H3,(H,22,25). The van der Waals surface area contributed by atoms with Gasteiger partial charge in [0.2, 0.25) is 5.91 Å². The number of aryl methyl sites for hydroxylation is 1. The van der Waals surface area contributed by atoms with E-state index in [9.17, 15) is 4.79 Å². The van der Waals surface area contributed by atoms with Crippen LogP contribution < -0.4 is 5.32 Å². The monoisotopic (exact) mass is 397 g/mol. The number of carbonyl (C=O) groups is 1. The van der Waals surface area contributed by atoms with Crippen LogP contribution in [0.2, 0.25) is 0 Å². The van der Waals surface area contributed by atoms with Gasteiger partial charge in [-0.1, -0.05) is 23.8 Å². The van der Waals surface area contributed by atoms with Crippen LogP contribution in [0.3, 0.4) is 0 Å². The average Bonchev–Trinajstić information content (AvgIpc) is 3.39. The number of carbonyl (C=O) groups excluding carboxylic acids is 1. The molecule has 1 atom stereocenters. The van der Waals surface area contributed by atoms with Crippen LogP contribution in [0, 0.1) is 6.92 Å². The fraction of sp³-hybridized carbons (Fsp3) is 0.333. The maximum atomic E-state index is 12.3. The van der Waals surface area contributed by atoms with Crippen LogP contribution in [-0.2, 0) is 17.8 Å². The van der Waals surface area contributed by atoms with Crippen molar-refractivity contribution in [1.29, 1.82) is 0 Å². The molecule has 140 valence electrons. The van der Waals surface area contributed by atoms with Gasteiger partial charge in [0.05, 0.1) is 12.1 Å². The molecule has 1 aliphatic rings. The first-order chi connectivity index (χ1) is 13.2. The minimum atomic E-state index is -0.0163. The molecule has 1 N–H and O–H groups in total. The molecule has 1 amide bonds. The number of thiophene rings is 1. The molecule has 1 saturated heterocycles. The summed E-state index contributed by atoms with van der Waals surface area (Å²) in [4.78, 5) is 20.9. The quantitative estimate of drug-likeness (QED) is 0.634. The second-order valence-corrected chi connectivity index (χ2v) is 8.89. The molecular weight excluding hydrogens is 374 g/mol. The lowest BCUT2D eigenvalue weighted by Crippen LogP contribution is -2.22. The van der Waals surface area contributed by atoms with E-state index in [1.54, 1.807) is 11.3 Å². The number of nitrogens with one attached hydrogen (secondary N) is 1. The molecule has 4 rings (SSSR count). The fourth-order valence-electron chi connectivity index (χ4n) is 3.51. The van der Waals surface area contributed by atoms with E-state index >= 15 is 0 Å². The predicted octanol–water partition coefficient (Wildman–Crippen LogP) is 5.03. The summed E-state index contributed by atoms with van der Waals surface area (Å²) in [5.41, 5.74) is 3.08. The normalized spacial score (nSPS) is 17.3. The van der Waals surface area contributed by atoms with Crippen LogP contribution in [-0.4, -0.2) is 22.3 Å². The summed E-state index contributed by atoms with van der Waals surface area (Å²) >= 11 is 3.41. The van der Waals surface area contributed by atoms with Gasteiger partial charge in [-0.15, -0.1) is 22.7 Å². The van der Waals surface area contributed by atoms with Gasteiger partial charge in [-0.05, 0) is 49.9 Å². The van der Waals surface area contributed by atoms with Crippen molar-refractivity contribution in [3.63, 3.8) is 0 Å². The highest BCUT2D eigenvalue weighted by Crippen LogP contribution is 2.35. The van der Waals surface area contributed by atoms with Crippen LogP contribution in [0.1, 0.15) is 40.0 Å². The fourth-order valence-corrected chi connectivity index (χ4v) is 5.19. The Morgan fingerprint density at radius 1 is 1.26 bits per heavy atom. The minimum Gasteiger partial charge on any atom is -0.326 e. The molecule has 0 radical (unpaired) electrons. The van der Waals surface area contributed by atoms with Crippen LogP contribution >= 0.6 is 22.7 Å². The zero-order chi connectivity index (χ0) is 18.6. The molecule has 2 aromatic heterocycles. The third-order valence-electron chi connectivity index (χ3n) is 4.85. The van der Waals surface area contributed by atoms with E-state index in [0.717, 1.165) is 29.5 Å². The highest BCUT2D eigenvalue weighted by Gasteiger charge is 2.27. The topological polar surface area (TPSA) is 45.2 Å².